The number of nitrogens with one attached hydrogen (secondary N) is 2. The highest BCUT2D eigenvalue weighted by atomic mass is 127. The molecule has 2 aromatic rings. The summed E-state index contributed by atoms with van der Waals surface area (Å²) >= 11 is 0. The van der Waals surface area contributed by atoms with Gasteiger partial charge in [0.25, 0.3) is 0 Å². The summed E-state index contributed by atoms with van der Waals surface area (Å²) in [6.07, 6.45) is 2.62. The molecule has 0 aliphatic rings. The molecule has 1 aromatic heterocycles. The van der Waals surface area contributed by atoms with E-state index in [9.17, 15) is 0 Å². The normalized spacial score (nSPS) is 11.0. The lowest BCUT2D eigenvalue weighted by atomic mass is 10.1. The van der Waals surface area contributed by atoms with E-state index in [2.05, 4.69) is 57.8 Å². The van der Waals surface area contributed by atoms with E-state index < -0.39 is 0 Å². The number of hydrogen-bond acceptors (Lipinski definition) is 5. The molecule has 2 N–H and O–H groups in total. The maximum absolute atomic E-state index is 5.86. The molecule has 7 nitrogen and oxygen atoms in total. The summed E-state index contributed by atoms with van der Waals surface area (Å²) in [5.74, 6) is 3.03. The first-order valence-electron chi connectivity index (χ1n) is 9.08. The van der Waals surface area contributed by atoms with Gasteiger partial charge >= 0.3 is 0 Å². The predicted molar refractivity (Wildman–Crippen MR) is 118 cm³/mol. The maximum atomic E-state index is 5.86. The van der Waals surface area contributed by atoms with Crippen molar-refractivity contribution in [2.24, 2.45) is 4.99 Å². The van der Waals surface area contributed by atoms with Crippen molar-refractivity contribution in [2.45, 2.75) is 46.6 Å². The topological polar surface area (TPSA) is 84.6 Å². The zero-order valence-corrected chi connectivity index (χ0v) is 18.9. The Morgan fingerprint density at radius 1 is 1.26 bits per heavy atom. The molecule has 0 aliphatic carbocycles. The smallest absolute Gasteiger partial charge is 0.226 e. The van der Waals surface area contributed by atoms with E-state index in [1.807, 2.05) is 6.92 Å². The van der Waals surface area contributed by atoms with Crippen molar-refractivity contribution in [2.75, 3.05) is 20.2 Å². The molecule has 0 fully saturated rings. The third-order valence-corrected chi connectivity index (χ3v) is 3.78. The number of halogens is 1. The molecular weight excluding hydrogens is 457 g/mol. The summed E-state index contributed by atoms with van der Waals surface area (Å²) in [4.78, 5) is 8.46. The summed E-state index contributed by atoms with van der Waals surface area (Å²) in [7, 11) is 1.76. The Labute approximate surface area is 178 Å². The van der Waals surface area contributed by atoms with Crippen LogP contribution in [-0.2, 0) is 13.0 Å². The Morgan fingerprint density at radius 2 is 2.07 bits per heavy atom. The van der Waals surface area contributed by atoms with Crippen molar-refractivity contribution in [3.63, 3.8) is 0 Å². The Balaban J connectivity index is 0.00000364. The van der Waals surface area contributed by atoms with E-state index in [4.69, 9.17) is 9.26 Å². The molecule has 0 unspecified atom stereocenters. The molecule has 0 atom stereocenters. The molecule has 1 aromatic carbocycles. The Kier molecular flexibility index (Phi) is 10.8. The largest absolute Gasteiger partial charge is 0.493 e. The van der Waals surface area contributed by atoms with Crippen LogP contribution in [0.4, 0.5) is 0 Å². The first-order valence-corrected chi connectivity index (χ1v) is 9.08. The molecule has 0 saturated carbocycles. The van der Waals surface area contributed by atoms with Crippen molar-refractivity contribution < 1.29 is 9.26 Å². The molecular formula is C19H30IN5O2. The van der Waals surface area contributed by atoms with Gasteiger partial charge in [-0.15, -0.1) is 24.0 Å². The first kappa shape index (κ1) is 23.2. The van der Waals surface area contributed by atoms with Crippen molar-refractivity contribution >= 4 is 29.9 Å². The minimum atomic E-state index is 0. The van der Waals surface area contributed by atoms with Crippen molar-refractivity contribution in [3.05, 3.63) is 41.0 Å². The van der Waals surface area contributed by atoms with E-state index in [-0.39, 0.29) is 24.0 Å². The van der Waals surface area contributed by atoms with E-state index in [1.54, 1.807) is 7.05 Å². The highest BCUT2D eigenvalue weighted by Crippen LogP contribution is 2.20. The molecule has 0 spiro atoms. The SMILES string of the molecule is CCCOc1cc(C)ccc1CNC(=NC)NCCCc1nc(C)no1.I. The minimum Gasteiger partial charge on any atom is -0.493 e. The van der Waals surface area contributed by atoms with E-state index >= 15 is 0 Å². The third-order valence-electron chi connectivity index (χ3n) is 3.78. The molecule has 0 radical (unpaired) electrons. The van der Waals surface area contributed by atoms with Crippen LogP contribution in [0.2, 0.25) is 0 Å². The van der Waals surface area contributed by atoms with Crippen LogP contribution in [0, 0.1) is 13.8 Å². The predicted octanol–water partition coefficient (Wildman–Crippen LogP) is 3.39. The number of guanidine groups is 1. The van der Waals surface area contributed by atoms with Crippen LogP contribution in [0.15, 0.2) is 27.7 Å². The van der Waals surface area contributed by atoms with Crippen LogP contribution in [0.25, 0.3) is 0 Å². The summed E-state index contributed by atoms with van der Waals surface area (Å²) < 4.78 is 11.0. The highest BCUT2D eigenvalue weighted by molar-refractivity contribution is 14.0. The molecule has 1 heterocycles. The quantitative estimate of drug-likeness (QED) is 0.244. The van der Waals surface area contributed by atoms with Gasteiger partial charge in [-0.3, -0.25) is 4.99 Å². The fourth-order valence-electron chi connectivity index (χ4n) is 2.44. The van der Waals surface area contributed by atoms with Gasteiger partial charge < -0.3 is 19.9 Å². The Hall–Kier alpha value is -1.84. The standard InChI is InChI=1S/C19H29N5O2.HI/c1-5-11-25-17-12-14(2)8-9-16(17)13-22-19(20-4)21-10-6-7-18-23-15(3)24-26-18;/h8-9,12H,5-7,10-11,13H2,1-4H3,(H2,20,21,22);1H. The lowest BCUT2D eigenvalue weighted by Crippen LogP contribution is -2.37. The number of benzene rings is 1. The van der Waals surface area contributed by atoms with Crippen molar-refractivity contribution in [1.82, 2.24) is 20.8 Å². The molecule has 0 saturated heterocycles. The molecule has 0 amide bonds. The lowest BCUT2D eigenvalue weighted by molar-refractivity contribution is 0.313. The zero-order chi connectivity index (χ0) is 18.8. The Bertz CT molecular complexity index is 718. The third kappa shape index (κ3) is 8.15. The van der Waals surface area contributed by atoms with Crippen LogP contribution in [-0.4, -0.2) is 36.3 Å². The van der Waals surface area contributed by atoms with E-state index in [0.717, 1.165) is 49.7 Å². The molecule has 8 heteroatoms. The van der Waals surface area contributed by atoms with Crippen molar-refractivity contribution in [1.29, 1.82) is 0 Å². The van der Waals surface area contributed by atoms with E-state index in [1.165, 1.54) is 5.56 Å². The number of aliphatic imine (C=N–C) groups is 1. The number of hydrogen-bond donors (Lipinski definition) is 2. The summed E-state index contributed by atoms with van der Waals surface area (Å²) in [6.45, 7) is 8.14. The van der Waals surface area contributed by atoms with Gasteiger partial charge in [0, 0.05) is 32.1 Å². The number of aryl methyl sites for hydroxylation is 3. The van der Waals surface area contributed by atoms with Crippen LogP contribution in [0.1, 0.15) is 42.6 Å². The summed E-state index contributed by atoms with van der Waals surface area (Å²) in [6, 6.07) is 6.27. The van der Waals surface area contributed by atoms with Gasteiger partial charge in [0.2, 0.25) is 5.89 Å². The second kappa shape index (κ2) is 12.5. The molecule has 0 aliphatic heterocycles. The van der Waals surface area contributed by atoms with Gasteiger partial charge in [0.1, 0.15) is 5.75 Å². The highest BCUT2D eigenvalue weighted by Gasteiger charge is 2.06. The monoisotopic (exact) mass is 487 g/mol. The number of aromatic nitrogens is 2. The molecule has 27 heavy (non-hydrogen) atoms. The van der Waals surface area contributed by atoms with Crippen LogP contribution >= 0.6 is 24.0 Å². The van der Waals surface area contributed by atoms with Crippen LogP contribution in [0.3, 0.4) is 0 Å². The van der Waals surface area contributed by atoms with Gasteiger partial charge in [0.05, 0.1) is 6.61 Å². The van der Waals surface area contributed by atoms with Crippen LogP contribution in [0.5, 0.6) is 5.75 Å². The average molecular weight is 487 g/mol. The summed E-state index contributed by atoms with van der Waals surface area (Å²) in [5.41, 5.74) is 2.31. The Morgan fingerprint density at radius 3 is 2.74 bits per heavy atom. The second-order valence-electron chi connectivity index (χ2n) is 6.15. The van der Waals surface area contributed by atoms with Gasteiger partial charge in [-0.05, 0) is 38.3 Å². The van der Waals surface area contributed by atoms with E-state index in [0.29, 0.717) is 18.3 Å². The molecule has 0 bridgehead atoms. The van der Waals surface area contributed by atoms with Crippen molar-refractivity contribution in [3.8, 4) is 5.75 Å². The van der Waals surface area contributed by atoms with Gasteiger partial charge in [-0.2, -0.15) is 4.98 Å². The van der Waals surface area contributed by atoms with Gasteiger partial charge in [-0.25, -0.2) is 0 Å². The van der Waals surface area contributed by atoms with Gasteiger partial charge in [-0.1, -0.05) is 24.2 Å². The fourth-order valence-corrected chi connectivity index (χ4v) is 2.44. The molecule has 2 rings (SSSR count). The number of rotatable bonds is 9. The maximum Gasteiger partial charge on any atom is 0.226 e. The number of ether oxygens (including phenoxy) is 1. The summed E-state index contributed by atoms with van der Waals surface area (Å²) in [5, 5.41) is 10.4. The average Bonchev–Trinajstić information content (AvgIpc) is 3.05. The zero-order valence-electron chi connectivity index (χ0n) is 16.5. The minimum absolute atomic E-state index is 0. The van der Waals surface area contributed by atoms with Gasteiger partial charge in [0.15, 0.2) is 11.8 Å². The fraction of sp³-hybridized carbons (Fsp3) is 0.526. The lowest BCUT2D eigenvalue weighted by Gasteiger charge is -2.15. The number of nitrogens with zero attached hydrogens (tertiary/aromatic N) is 3. The van der Waals surface area contributed by atoms with Crippen LogP contribution < -0.4 is 15.4 Å². The second-order valence-corrected chi connectivity index (χ2v) is 6.15. The first-order chi connectivity index (χ1) is 12.6. The molecule has 150 valence electrons.